The summed E-state index contributed by atoms with van der Waals surface area (Å²) in [6.07, 6.45) is 15.5. The van der Waals surface area contributed by atoms with Crippen LogP contribution >= 0.6 is 0 Å². The molecule has 12 aromatic carbocycles. The van der Waals surface area contributed by atoms with Gasteiger partial charge in [0.1, 0.15) is 40.2 Å². The molecule has 0 unspecified atom stereocenters. The minimum Gasteiger partial charge on any atom is -0.497 e. The summed E-state index contributed by atoms with van der Waals surface area (Å²) in [5.41, 5.74) is 23.3. The van der Waals surface area contributed by atoms with Gasteiger partial charge in [0, 0.05) is 81.5 Å². The summed E-state index contributed by atoms with van der Waals surface area (Å²) in [5, 5.41) is 0. The van der Waals surface area contributed by atoms with Crippen LogP contribution in [0.4, 0.5) is 17.1 Å². The van der Waals surface area contributed by atoms with Crippen LogP contribution in [0.2, 0.25) is 0 Å². The summed E-state index contributed by atoms with van der Waals surface area (Å²) in [4.78, 5) is 0. The van der Waals surface area contributed by atoms with Crippen LogP contribution in [0, 0.1) is 34.6 Å². The van der Waals surface area contributed by atoms with E-state index in [0.717, 1.165) is 85.0 Å². The van der Waals surface area contributed by atoms with Crippen molar-refractivity contribution >= 4 is 41.9 Å². The van der Waals surface area contributed by atoms with Crippen molar-refractivity contribution in [2.24, 2.45) is 0 Å². The lowest BCUT2D eigenvalue weighted by molar-refractivity contribution is -0.594. The van der Waals surface area contributed by atoms with Crippen molar-refractivity contribution in [2.45, 2.75) is 150 Å². The van der Waals surface area contributed by atoms with E-state index in [4.69, 9.17) is 28.4 Å². The highest BCUT2D eigenvalue weighted by Crippen LogP contribution is 2.47. The standard InChI is InChI=1S/C34H36NO.C33H34NO.C21H18NO2.C16H22NO2/c1-24-17-25(2)19-30(18-24)35-22-26-20-29(33(3,4)27-13-9-7-10-14-27)21-31(32(26)36-23-35)34(5,6)28-15-11-8-12-16-28;1-24-14-12-13-19-30(24)34-22-25-20-28(32(2,3)26-15-8-6-9-16-26)21-29(31(25)35-23-34)33(4,5)27-17-10-7-11-18-27;1-16-12-20(24-19-10-6-3-7-11-19)13-17-14-22(15-23-21(16)17)18-8-4-2-5-9-18;1-12-8-15(18-2)9-13-10-17(11-19-16(12)13)14-6-4-3-5-7-14/h7-22H,23H2,1-6H3;6-22H,23H2,1-5H3;2-14H,15H2,1H3;8-10,14H,3-7,11H2,1-2H3/q4*+1. The van der Waals surface area contributed by atoms with Crippen LogP contribution in [-0.2, 0) is 21.7 Å². The van der Waals surface area contributed by atoms with E-state index in [-0.39, 0.29) is 21.7 Å². The second-order valence-corrected chi connectivity index (χ2v) is 33.1. The Balaban J connectivity index is 0.000000129. The van der Waals surface area contributed by atoms with Gasteiger partial charge in [0.2, 0.25) is 17.1 Å². The van der Waals surface area contributed by atoms with Gasteiger partial charge >= 0.3 is 0 Å². The van der Waals surface area contributed by atoms with Gasteiger partial charge in [-0.15, -0.1) is 0 Å². The minimum absolute atomic E-state index is 0.156. The van der Waals surface area contributed by atoms with Gasteiger partial charge in [0.25, 0.3) is 26.9 Å². The Hall–Kier alpha value is -11.9. The Bertz CT molecular complexity index is 5510. The molecule has 4 aliphatic heterocycles. The van der Waals surface area contributed by atoms with E-state index in [1.54, 1.807) is 7.11 Å². The van der Waals surface area contributed by atoms with E-state index >= 15 is 0 Å². The van der Waals surface area contributed by atoms with Crippen LogP contribution in [-0.4, -0.2) is 83.2 Å². The van der Waals surface area contributed by atoms with Gasteiger partial charge in [0.15, 0.2) is 30.9 Å². The summed E-state index contributed by atoms with van der Waals surface area (Å²) < 4.78 is 45.3. The maximum absolute atomic E-state index is 6.58. The molecule has 0 bridgehead atoms. The number of benzene rings is 12. The number of para-hydroxylation sites is 3. The molecule has 0 N–H and O–H groups in total. The highest BCUT2D eigenvalue weighted by Gasteiger charge is 2.38. The second-order valence-electron chi connectivity index (χ2n) is 33.1. The molecule has 1 saturated carbocycles. The molecule has 5 aliphatic rings. The third-order valence-corrected chi connectivity index (χ3v) is 23.5. The summed E-state index contributed by atoms with van der Waals surface area (Å²) in [7, 11) is 1.71. The van der Waals surface area contributed by atoms with E-state index in [9.17, 15) is 0 Å². The summed E-state index contributed by atoms with van der Waals surface area (Å²) >= 11 is 0. The smallest absolute Gasteiger partial charge is 0.292 e. The highest BCUT2D eigenvalue weighted by atomic mass is 16.5. The maximum atomic E-state index is 6.58. The number of aryl methyl sites for hydroxylation is 5. The third-order valence-electron chi connectivity index (χ3n) is 23.5. The number of rotatable bonds is 15. The molecular formula is C104H110N4O6+4. The monoisotopic (exact) mass is 1510 g/mol. The zero-order chi connectivity index (χ0) is 79.7. The van der Waals surface area contributed by atoms with E-state index in [0.29, 0.717) is 33.0 Å². The van der Waals surface area contributed by atoms with E-state index in [1.807, 2.05) is 73.7 Å². The first kappa shape index (κ1) is 78.8. The molecular weight excluding hydrogens is 1400 g/mol. The lowest BCUT2D eigenvalue weighted by atomic mass is 9.72. The zero-order valence-corrected chi connectivity index (χ0v) is 69.0. The largest absolute Gasteiger partial charge is 0.497 e. The molecule has 10 heteroatoms. The number of hydrogen-bond acceptors (Lipinski definition) is 6. The molecule has 578 valence electrons. The Kier molecular flexibility index (Phi) is 23.6. The predicted molar refractivity (Wildman–Crippen MR) is 466 cm³/mol. The van der Waals surface area contributed by atoms with Crippen LogP contribution in [0.15, 0.2) is 273 Å². The lowest BCUT2D eigenvalue weighted by Crippen LogP contribution is -2.35. The summed E-state index contributed by atoms with van der Waals surface area (Å²) in [6.45, 7) is 31.2. The van der Waals surface area contributed by atoms with Crippen molar-refractivity contribution in [1.29, 1.82) is 0 Å². The van der Waals surface area contributed by atoms with E-state index in [2.05, 4.69) is 333 Å². The molecule has 0 saturated heterocycles. The van der Waals surface area contributed by atoms with Crippen molar-refractivity contribution in [3.05, 3.63) is 368 Å². The Morgan fingerprint density at radius 2 is 0.693 bits per heavy atom. The molecule has 4 heterocycles. The maximum Gasteiger partial charge on any atom is 0.292 e. The fraction of sp³-hybridized carbons (Fsp3) is 0.269. The second kappa shape index (κ2) is 34.2. The molecule has 1 aliphatic carbocycles. The van der Waals surface area contributed by atoms with Gasteiger partial charge in [0.05, 0.1) is 29.4 Å². The number of fused-ring (bicyclic) bond motifs is 4. The van der Waals surface area contributed by atoms with E-state index in [1.165, 1.54) is 99.0 Å². The Morgan fingerprint density at radius 3 is 1.18 bits per heavy atom. The highest BCUT2D eigenvalue weighted by molar-refractivity contribution is 5.86. The van der Waals surface area contributed by atoms with E-state index < -0.39 is 0 Å². The predicted octanol–water partition coefficient (Wildman–Crippen LogP) is 23.8. The molecule has 0 atom stereocenters. The van der Waals surface area contributed by atoms with Crippen molar-refractivity contribution in [2.75, 3.05) is 34.0 Å². The van der Waals surface area contributed by atoms with Gasteiger partial charge in [-0.1, -0.05) is 256 Å². The SMILES string of the molecule is COc1cc(C)c2c(c1)C=[N+](C1CCCCC1)CO2.Cc1cc(C)cc([N+]2=Cc3cc(C(C)(C)c4ccccc4)cc(C(C)(C)c4ccccc4)c3OC2)c1.Cc1cc(Oc2ccccc2)cc2c1OC[N+](c1ccccc1)=C2.Cc1ccccc1[N+]1=Cc2cc(C(C)(C)c3ccccc3)cc(C(C)(C)c3ccccc3)c2OC1. The van der Waals surface area contributed by atoms with Crippen LogP contribution in [0.5, 0.6) is 40.2 Å². The summed E-state index contributed by atoms with van der Waals surface area (Å²) in [6, 6.07) is 96.4. The van der Waals surface area contributed by atoms with Gasteiger partial charge in [-0.05, 0) is 152 Å². The molecule has 0 amide bonds. The minimum atomic E-state index is -0.218. The normalized spacial score (nSPS) is 14.4. The fourth-order valence-corrected chi connectivity index (χ4v) is 16.5. The molecule has 114 heavy (non-hydrogen) atoms. The molecule has 10 nitrogen and oxygen atoms in total. The molecule has 0 spiro atoms. The molecule has 0 aromatic heterocycles. The van der Waals surface area contributed by atoms with Crippen LogP contribution in [0.3, 0.4) is 0 Å². The number of ether oxygens (including phenoxy) is 6. The van der Waals surface area contributed by atoms with Gasteiger partial charge in [-0.25, -0.2) is 0 Å². The molecule has 1 fully saturated rings. The van der Waals surface area contributed by atoms with Crippen LogP contribution < -0.4 is 28.4 Å². The fourth-order valence-electron chi connectivity index (χ4n) is 16.5. The summed E-state index contributed by atoms with van der Waals surface area (Å²) in [5.74, 6) is 6.44. The third kappa shape index (κ3) is 17.5. The molecule has 17 rings (SSSR count). The van der Waals surface area contributed by atoms with Crippen molar-refractivity contribution in [1.82, 2.24) is 0 Å². The average molecular weight is 1510 g/mol. The lowest BCUT2D eigenvalue weighted by Gasteiger charge is -2.33. The number of nitrogens with zero attached hydrogens (tertiary/aromatic N) is 4. The Labute approximate surface area is 676 Å². The van der Waals surface area contributed by atoms with Gasteiger partial charge in [-0.2, -0.15) is 18.3 Å². The first-order valence-electron chi connectivity index (χ1n) is 40.3. The van der Waals surface area contributed by atoms with Crippen molar-refractivity contribution < 1.29 is 46.7 Å². The van der Waals surface area contributed by atoms with Gasteiger partial charge < -0.3 is 28.4 Å². The van der Waals surface area contributed by atoms with Crippen molar-refractivity contribution in [3.63, 3.8) is 0 Å². The number of hydrogen-bond donors (Lipinski definition) is 0. The zero-order valence-electron chi connectivity index (χ0n) is 69.0. The average Bonchev–Trinajstić information content (AvgIpc) is 0.751. The Morgan fingerprint density at radius 1 is 0.307 bits per heavy atom. The topological polar surface area (TPSA) is 67.4 Å². The van der Waals surface area contributed by atoms with Gasteiger partial charge in [-0.3, -0.25) is 0 Å². The van der Waals surface area contributed by atoms with Crippen LogP contribution in [0.25, 0.3) is 0 Å². The van der Waals surface area contributed by atoms with Crippen molar-refractivity contribution in [3.8, 4) is 40.2 Å². The quantitative estimate of drug-likeness (QED) is 0.0953. The molecule has 0 radical (unpaired) electrons. The number of methoxy groups -OCH3 is 1. The molecule has 12 aromatic rings. The first-order valence-corrected chi connectivity index (χ1v) is 40.3. The van der Waals surface area contributed by atoms with Crippen LogP contribution in [0.1, 0.15) is 182 Å². The first-order chi connectivity index (χ1) is 55.0.